The predicted molar refractivity (Wildman–Crippen MR) is 124 cm³/mol. The van der Waals surface area contributed by atoms with E-state index in [0.29, 0.717) is 5.13 Å². The molecule has 4 aromatic rings. The van der Waals surface area contributed by atoms with E-state index in [4.69, 9.17) is 0 Å². The second kappa shape index (κ2) is 9.36. The number of nitrogens with zero attached hydrogens (tertiary/aromatic N) is 4. The van der Waals surface area contributed by atoms with Crippen molar-refractivity contribution in [2.24, 2.45) is 15.3 Å². The number of hydrogen-bond acceptors (Lipinski definition) is 6. The minimum atomic E-state index is 0.654. The number of benzene rings is 3. The Balaban J connectivity index is 1.60. The molecule has 1 heterocycles. The summed E-state index contributed by atoms with van der Waals surface area (Å²) in [6, 6.07) is 27.5. The minimum Gasteiger partial charge on any atom is -0.253 e. The van der Waals surface area contributed by atoms with E-state index in [1.54, 1.807) is 6.21 Å². The standard InChI is InChI=1S/C22H16BrN5S/c23-18-11-13-19(14-12-18)26-27-21-20(17-9-5-2-6-10-17)25-22(29-21)28-24-15-16-7-3-1-4-8-16/h1-15H,(H,25,28)/b24-15+,27-26?. The van der Waals surface area contributed by atoms with Gasteiger partial charge in [0, 0.05) is 10.0 Å². The molecular formula is C22H16BrN5S. The van der Waals surface area contributed by atoms with Crippen molar-refractivity contribution in [3.8, 4) is 11.3 Å². The smallest absolute Gasteiger partial charge is 0.206 e. The molecule has 29 heavy (non-hydrogen) atoms. The molecule has 0 bridgehead atoms. The summed E-state index contributed by atoms with van der Waals surface area (Å²) in [6.45, 7) is 0. The molecule has 0 amide bonds. The van der Waals surface area contributed by atoms with Gasteiger partial charge in [0.05, 0.1) is 11.9 Å². The Morgan fingerprint density at radius 3 is 2.24 bits per heavy atom. The van der Waals surface area contributed by atoms with Gasteiger partial charge in [0.25, 0.3) is 0 Å². The molecule has 0 spiro atoms. The van der Waals surface area contributed by atoms with Gasteiger partial charge in [-0.15, -0.1) is 10.2 Å². The molecule has 4 rings (SSSR count). The predicted octanol–water partition coefficient (Wildman–Crippen LogP) is 7.43. The Bertz CT molecular complexity index is 1120. The molecule has 3 aromatic carbocycles. The highest BCUT2D eigenvalue weighted by atomic mass is 79.9. The maximum atomic E-state index is 4.67. The quantitative estimate of drug-likeness (QED) is 0.184. The highest BCUT2D eigenvalue weighted by Gasteiger charge is 2.13. The summed E-state index contributed by atoms with van der Waals surface area (Å²) in [4.78, 5) is 4.67. The van der Waals surface area contributed by atoms with E-state index in [0.717, 1.165) is 32.0 Å². The molecule has 142 valence electrons. The molecule has 0 aliphatic rings. The Morgan fingerprint density at radius 2 is 1.52 bits per heavy atom. The first-order chi connectivity index (χ1) is 14.3. The molecular weight excluding hydrogens is 446 g/mol. The summed E-state index contributed by atoms with van der Waals surface area (Å²) in [5.74, 6) is 0. The molecule has 5 nitrogen and oxygen atoms in total. The average molecular weight is 462 g/mol. The van der Waals surface area contributed by atoms with Gasteiger partial charge in [-0.2, -0.15) is 5.10 Å². The lowest BCUT2D eigenvalue weighted by molar-refractivity contribution is 1.23. The van der Waals surface area contributed by atoms with Gasteiger partial charge >= 0.3 is 0 Å². The van der Waals surface area contributed by atoms with Crippen LogP contribution in [0, 0.1) is 0 Å². The Kier molecular flexibility index (Phi) is 6.19. The summed E-state index contributed by atoms with van der Waals surface area (Å²) in [5, 5.41) is 14.5. The van der Waals surface area contributed by atoms with E-state index < -0.39 is 0 Å². The van der Waals surface area contributed by atoms with Crippen LogP contribution in [0.3, 0.4) is 0 Å². The third-order valence-electron chi connectivity index (χ3n) is 3.91. The first-order valence-electron chi connectivity index (χ1n) is 8.85. The highest BCUT2D eigenvalue weighted by molar-refractivity contribution is 9.10. The SMILES string of the molecule is Brc1ccc(N=Nc2sc(N/N=C/c3ccccc3)nc2-c2ccccc2)cc1. The summed E-state index contributed by atoms with van der Waals surface area (Å²) < 4.78 is 1.00. The van der Waals surface area contributed by atoms with Gasteiger partial charge in [-0.25, -0.2) is 4.98 Å². The monoisotopic (exact) mass is 461 g/mol. The van der Waals surface area contributed by atoms with Crippen LogP contribution in [-0.4, -0.2) is 11.2 Å². The molecule has 1 aromatic heterocycles. The molecule has 0 saturated carbocycles. The zero-order chi connectivity index (χ0) is 19.9. The van der Waals surface area contributed by atoms with E-state index in [9.17, 15) is 0 Å². The fourth-order valence-corrected chi connectivity index (χ4v) is 3.55. The van der Waals surface area contributed by atoms with Crippen molar-refractivity contribution in [1.82, 2.24) is 4.98 Å². The molecule has 7 heteroatoms. The topological polar surface area (TPSA) is 62.0 Å². The molecule has 1 N–H and O–H groups in total. The summed E-state index contributed by atoms with van der Waals surface area (Å²) >= 11 is 4.83. The van der Waals surface area contributed by atoms with E-state index in [1.165, 1.54) is 11.3 Å². The van der Waals surface area contributed by atoms with Gasteiger partial charge in [-0.1, -0.05) is 87.9 Å². The van der Waals surface area contributed by atoms with Crippen molar-refractivity contribution in [2.75, 3.05) is 5.43 Å². The Morgan fingerprint density at radius 1 is 0.828 bits per heavy atom. The lowest BCUT2D eigenvalue weighted by atomic mass is 10.2. The molecule has 0 aliphatic heterocycles. The van der Waals surface area contributed by atoms with Gasteiger partial charge in [-0.05, 0) is 29.8 Å². The third kappa shape index (κ3) is 5.22. The van der Waals surface area contributed by atoms with Crippen LogP contribution in [0.5, 0.6) is 0 Å². The fraction of sp³-hybridized carbons (Fsp3) is 0. The van der Waals surface area contributed by atoms with Crippen LogP contribution in [-0.2, 0) is 0 Å². The number of halogens is 1. The number of azo groups is 1. The van der Waals surface area contributed by atoms with Crippen LogP contribution in [0.15, 0.2) is 105 Å². The first kappa shape index (κ1) is 19.2. The number of anilines is 1. The highest BCUT2D eigenvalue weighted by Crippen LogP contribution is 2.39. The normalized spacial score (nSPS) is 11.3. The van der Waals surface area contributed by atoms with Crippen molar-refractivity contribution in [2.45, 2.75) is 0 Å². The maximum absolute atomic E-state index is 4.67. The number of rotatable bonds is 6. The molecule has 0 aliphatic carbocycles. The van der Waals surface area contributed by atoms with Gasteiger partial charge < -0.3 is 0 Å². The van der Waals surface area contributed by atoms with E-state index >= 15 is 0 Å². The van der Waals surface area contributed by atoms with Crippen LogP contribution in [0.2, 0.25) is 0 Å². The number of aromatic nitrogens is 1. The lowest BCUT2D eigenvalue weighted by Crippen LogP contribution is -1.89. The van der Waals surface area contributed by atoms with Crippen LogP contribution < -0.4 is 5.43 Å². The second-order valence-corrected chi connectivity index (χ2v) is 7.89. The average Bonchev–Trinajstić information content (AvgIpc) is 3.18. The van der Waals surface area contributed by atoms with Crippen molar-refractivity contribution in [1.29, 1.82) is 0 Å². The van der Waals surface area contributed by atoms with Crippen molar-refractivity contribution < 1.29 is 0 Å². The van der Waals surface area contributed by atoms with E-state index in [1.807, 2.05) is 84.9 Å². The second-order valence-electron chi connectivity index (χ2n) is 6.00. The maximum Gasteiger partial charge on any atom is 0.206 e. The van der Waals surface area contributed by atoms with Crippen LogP contribution in [0.1, 0.15) is 5.56 Å². The minimum absolute atomic E-state index is 0.654. The lowest BCUT2D eigenvalue weighted by Gasteiger charge is -1.97. The number of nitrogens with one attached hydrogen (secondary N) is 1. The third-order valence-corrected chi connectivity index (χ3v) is 5.29. The largest absolute Gasteiger partial charge is 0.253 e. The Hall–Kier alpha value is -3.16. The zero-order valence-electron chi connectivity index (χ0n) is 15.2. The molecule has 0 atom stereocenters. The van der Waals surface area contributed by atoms with Crippen molar-refractivity contribution in [3.05, 3.63) is 95.0 Å². The molecule has 0 fully saturated rings. The zero-order valence-corrected chi connectivity index (χ0v) is 17.6. The number of thiazole rings is 1. The van der Waals surface area contributed by atoms with Crippen LogP contribution >= 0.6 is 27.3 Å². The van der Waals surface area contributed by atoms with Gasteiger partial charge in [-0.3, -0.25) is 5.43 Å². The number of hydrazone groups is 1. The number of hydrogen-bond donors (Lipinski definition) is 1. The van der Waals surface area contributed by atoms with E-state index in [-0.39, 0.29) is 0 Å². The van der Waals surface area contributed by atoms with E-state index in [2.05, 4.69) is 41.7 Å². The van der Waals surface area contributed by atoms with Crippen molar-refractivity contribution in [3.63, 3.8) is 0 Å². The molecule has 0 saturated heterocycles. The van der Waals surface area contributed by atoms with Crippen LogP contribution in [0.4, 0.5) is 15.8 Å². The van der Waals surface area contributed by atoms with Gasteiger partial charge in [0.1, 0.15) is 5.69 Å². The summed E-state index contributed by atoms with van der Waals surface area (Å²) in [5.41, 5.74) is 6.54. The fourth-order valence-electron chi connectivity index (χ4n) is 2.52. The molecule has 0 radical (unpaired) electrons. The summed E-state index contributed by atoms with van der Waals surface area (Å²) in [6.07, 6.45) is 1.76. The first-order valence-corrected chi connectivity index (χ1v) is 10.5. The van der Waals surface area contributed by atoms with Crippen LogP contribution in [0.25, 0.3) is 11.3 Å². The van der Waals surface area contributed by atoms with Crippen molar-refractivity contribution >= 4 is 49.3 Å². The summed E-state index contributed by atoms with van der Waals surface area (Å²) in [7, 11) is 0. The molecule has 0 unspecified atom stereocenters. The van der Waals surface area contributed by atoms with Gasteiger partial charge in [0.2, 0.25) is 5.13 Å². The van der Waals surface area contributed by atoms with Gasteiger partial charge in [0.15, 0.2) is 5.00 Å². The Labute approximate surface area is 181 Å².